The van der Waals surface area contributed by atoms with Crippen molar-refractivity contribution >= 4 is 17.7 Å². The summed E-state index contributed by atoms with van der Waals surface area (Å²) in [6.07, 6.45) is -0.520. The third-order valence-electron chi connectivity index (χ3n) is 4.33. The summed E-state index contributed by atoms with van der Waals surface area (Å²) in [6, 6.07) is 10.3. The fraction of sp³-hybridized carbons (Fsp3) is 0.286. The van der Waals surface area contributed by atoms with E-state index in [1.807, 2.05) is 19.1 Å². The summed E-state index contributed by atoms with van der Waals surface area (Å²) in [5.41, 5.74) is 1.72. The molecule has 0 saturated carbocycles. The Morgan fingerprint density at radius 2 is 1.86 bits per heavy atom. The molecule has 1 unspecified atom stereocenters. The normalized spacial score (nSPS) is 11.5. The molecular weight excluding hydrogens is 365 g/mol. The zero-order valence-corrected chi connectivity index (χ0v) is 15.7. The number of carboxylic acids is 1. The van der Waals surface area contributed by atoms with Crippen LogP contribution in [0.25, 0.3) is 0 Å². The molecule has 1 atom stereocenters. The average molecular weight is 387 g/mol. The monoisotopic (exact) mass is 387 g/mol. The zero-order valence-electron chi connectivity index (χ0n) is 15.7. The molecule has 148 valence electrons. The minimum atomic E-state index is -1.04. The Kier molecular flexibility index (Phi) is 7.26. The molecule has 2 N–H and O–H groups in total. The van der Waals surface area contributed by atoms with Crippen LogP contribution in [0.2, 0.25) is 0 Å². The molecule has 0 aromatic heterocycles. The first kappa shape index (κ1) is 21.1. The summed E-state index contributed by atoms with van der Waals surface area (Å²) >= 11 is 0. The highest BCUT2D eigenvalue weighted by Gasteiger charge is 2.20. The van der Waals surface area contributed by atoms with Gasteiger partial charge >= 0.3 is 5.97 Å². The summed E-state index contributed by atoms with van der Waals surface area (Å²) in [7, 11) is 1.33. The lowest BCUT2D eigenvalue weighted by molar-refractivity contribution is -0.137. The van der Waals surface area contributed by atoms with Crippen LogP contribution in [-0.2, 0) is 9.59 Å². The lowest BCUT2D eigenvalue weighted by atomic mass is 9.98. The molecule has 0 aliphatic heterocycles. The molecule has 0 radical (unpaired) electrons. The van der Waals surface area contributed by atoms with Crippen molar-refractivity contribution in [2.75, 3.05) is 7.11 Å². The van der Waals surface area contributed by atoms with Gasteiger partial charge in [-0.15, -0.1) is 0 Å². The number of amides is 1. The van der Waals surface area contributed by atoms with E-state index in [-0.39, 0.29) is 36.4 Å². The third kappa shape index (κ3) is 5.64. The highest BCUT2D eigenvalue weighted by atomic mass is 19.1. The number of aliphatic carboxylic acids is 1. The molecule has 0 aliphatic rings. The van der Waals surface area contributed by atoms with Crippen molar-refractivity contribution in [3.63, 3.8) is 0 Å². The van der Waals surface area contributed by atoms with Gasteiger partial charge in [-0.05, 0) is 36.2 Å². The number of ketones is 1. The van der Waals surface area contributed by atoms with E-state index < -0.39 is 23.7 Å². The minimum Gasteiger partial charge on any atom is -0.494 e. The van der Waals surface area contributed by atoms with Gasteiger partial charge in [-0.2, -0.15) is 0 Å². The Morgan fingerprint density at radius 1 is 1.14 bits per heavy atom. The van der Waals surface area contributed by atoms with E-state index in [0.717, 1.165) is 11.6 Å². The van der Waals surface area contributed by atoms with Crippen LogP contribution in [0, 0.1) is 12.7 Å². The highest BCUT2D eigenvalue weighted by molar-refractivity contribution is 5.98. The zero-order chi connectivity index (χ0) is 20.7. The number of benzene rings is 2. The molecule has 0 spiro atoms. The van der Waals surface area contributed by atoms with Crippen LogP contribution in [0.3, 0.4) is 0 Å². The number of carbonyl (C=O) groups is 3. The summed E-state index contributed by atoms with van der Waals surface area (Å²) in [4.78, 5) is 35.6. The fourth-order valence-corrected chi connectivity index (χ4v) is 2.87. The van der Waals surface area contributed by atoms with Crippen LogP contribution in [0.15, 0.2) is 42.5 Å². The number of hydrogen-bond donors (Lipinski definition) is 2. The van der Waals surface area contributed by atoms with Crippen molar-refractivity contribution in [1.29, 1.82) is 0 Å². The van der Waals surface area contributed by atoms with Crippen molar-refractivity contribution < 1.29 is 28.6 Å². The number of hydrogen-bond acceptors (Lipinski definition) is 4. The maximum absolute atomic E-state index is 13.7. The number of nitrogens with one attached hydrogen (secondary N) is 1. The topological polar surface area (TPSA) is 92.7 Å². The number of carboxylic acid groups (broad SMARTS) is 1. The summed E-state index contributed by atoms with van der Waals surface area (Å²) in [5, 5.41) is 11.8. The van der Waals surface area contributed by atoms with Crippen molar-refractivity contribution in [2.24, 2.45) is 0 Å². The molecular formula is C21H22FNO5. The molecule has 2 aromatic carbocycles. The van der Waals surface area contributed by atoms with Gasteiger partial charge in [0.15, 0.2) is 17.3 Å². The molecule has 0 saturated heterocycles. The number of halogens is 1. The number of aryl methyl sites for hydroxylation is 1. The Bertz CT molecular complexity index is 881. The standard InChI is InChI=1S/C21H22FNO5/c1-13-5-3-4-6-15(13)17(12-21(26)27)23-20(25)10-8-18(24)14-7-9-19(28-2)16(22)11-14/h3-7,9,11,17H,8,10,12H2,1-2H3,(H,23,25)(H,26,27). The maximum atomic E-state index is 13.7. The second-order valence-corrected chi connectivity index (χ2v) is 6.35. The molecule has 0 fully saturated rings. The lowest BCUT2D eigenvalue weighted by Crippen LogP contribution is -2.30. The highest BCUT2D eigenvalue weighted by Crippen LogP contribution is 2.22. The molecule has 0 aliphatic carbocycles. The number of carbonyl (C=O) groups excluding carboxylic acids is 2. The second-order valence-electron chi connectivity index (χ2n) is 6.35. The summed E-state index contributed by atoms with van der Waals surface area (Å²) in [5.74, 6) is -2.50. The first-order valence-corrected chi connectivity index (χ1v) is 8.75. The predicted octanol–water partition coefficient (Wildman–Crippen LogP) is 3.44. The SMILES string of the molecule is COc1ccc(C(=O)CCC(=O)NC(CC(=O)O)c2ccccc2C)cc1F. The van der Waals surface area contributed by atoms with Gasteiger partial charge in [-0.25, -0.2) is 4.39 Å². The number of ether oxygens (including phenoxy) is 1. The van der Waals surface area contributed by atoms with Gasteiger partial charge in [-0.3, -0.25) is 14.4 Å². The van der Waals surface area contributed by atoms with E-state index in [1.54, 1.807) is 12.1 Å². The third-order valence-corrected chi connectivity index (χ3v) is 4.33. The molecule has 1 amide bonds. The number of rotatable bonds is 9. The molecule has 28 heavy (non-hydrogen) atoms. The molecule has 0 bridgehead atoms. The van der Waals surface area contributed by atoms with Gasteiger partial charge < -0.3 is 15.2 Å². The van der Waals surface area contributed by atoms with Crippen molar-refractivity contribution in [1.82, 2.24) is 5.32 Å². The van der Waals surface area contributed by atoms with Crippen molar-refractivity contribution in [2.45, 2.75) is 32.2 Å². The number of Topliss-reactive ketones (excluding diaryl/α,β-unsaturated/α-hetero) is 1. The van der Waals surface area contributed by atoms with E-state index >= 15 is 0 Å². The van der Waals surface area contributed by atoms with E-state index in [1.165, 1.54) is 19.2 Å². The van der Waals surface area contributed by atoms with Crippen LogP contribution < -0.4 is 10.1 Å². The Hall–Kier alpha value is -3.22. The quantitative estimate of drug-likeness (QED) is 0.643. The van der Waals surface area contributed by atoms with Crippen molar-refractivity contribution in [3.8, 4) is 5.75 Å². The lowest BCUT2D eigenvalue weighted by Gasteiger charge is -2.19. The molecule has 2 aromatic rings. The molecule has 0 heterocycles. The molecule has 2 rings (SSSR count). The van der Waals surface area contributed by atoms with E-state index in [9.17, 15) is 18.8 Å². The minimum absolute atomic E-state index is 0.0315. The van der Waals surface area contributed by atoms with E-state index in [2.05, 4.69) is 5.32 Å². The van der Waals surface area contributed by atoms with E-state index in [4.69, 9.17) is 9.84 Å². The summed E-state index contributed by atoms with van der Waals surface area (Å²) in [6.45, 7) is 1.83. The van der Waals surface area contributed by atoms with Gasteiger partial charge in [0, 0.05) is 18.4 Å². The number of methoxy groups -OCH3 is 1. The van der Waals surface area contributed by atoms with Gasteiger partial charge in [0.25, 0.3) is 0 Å². The van der Waals surface area contributed by atoms with Crippen LogP contribution in [0.4, 0.5) is 4.39 Å². The average Bonchev–Trinajstić information content (AvgIpc) is 2.65. The first-order chi connectivity index (χ1) is 13.3. The van der Waals surface area contributed by atoms with Crippen LogP contribution in [0.1, 0.15) is 46.8 Å². The Labute approximate surface area is 162 Å². The van der Waals surface area contributed by atoms with Crippen molar-refractivity contribution in [3.05, 3.63) is 65.0 Å². The first-order valence-electron chi connectivity index (χ1n) is 8.75. The maximum Gasteiger partial charge on any atom is 0.305 e. The smallest absolute Gasteiger partial charge is 0.305 e. The van der Waals surface area contributed by atoms with Crippen LogP contribution >= 0.6 is 0 Å². The second kappa shape index (κ2) is 9.64. The fourth-order valence-electron chi connectivity index (χ4n) is 2.87. The summed E-state index contributed by atoms with van der Waals surface area (Å²) < 4.78 is 18.5. The van der Waals surface area contributed by atoms with Crippen LogP contribution in [0.5, 0.6) is 5.75 Å². The van der Waals surface area contributed by atoms with Gasteiger partial charge in [0.2, 0.25) is 5.91 Å². The van der Waals surface area contributed by atoms with Crippen LogP contribution in [-0.4, -0.2) is 29.9 Å². The predicted molar refractivity (Wildman–Crippen MR) is 101 cm³/mol. The molecule has 6 nitrogen and oxygen atoms in total. The Balaban J connectivity index is 2.00. The Morgan fingerprint density at radius 3 is 2.46 bits per heavy atom. The van der Waals surface area contributed by atoms with Gasteiger partial charge in [0.05, 0.1) is 19.6 Å². The van der Waals surface area contributed by atoms with Gasteiger partial charge in [-0.1, -0.05) is 24.3 Å². The largest absolute Gasteiger partial charge is 0.494 e. The van der Waals surface area contributed by atoms with E-state index in [0.29, 0.717) is 5.56 Å². The van der Waals surface area contributed by atoms with Gasteiger partial charge in [0.1, 0.15) is 0 Å². The molecule has 7 heteroatoms.